The van der Waals surface area contributed by atoms with E-state index in [9.17, 15) is 14.0 Å². The molecule has 0 heterocycles. The van der Waals surface area contributed by atoms with Crippen molar-refractivity contribution in [2.24, 2.45) is 0 Å². The Hall–Kier alpha value is -2.69. The average molecular weight is 403 g/mol. The fourth-order valence-electron chi connectivity index (χ4n) is 2.43. The van der Waals surface area contributed by atoms with Gasteiger partial charge in [-0.3, -0.25) is 9.59 Å². The van der Waals surface area contributed by atoms with Gasteiger partial charge in [-0.2, -0.15) is 0 Å². The number of esters is 1. The van der Waals surface area contributed by atoms with E-state index in [1.807, 2.05) is 0 Å². The smallest absolute Gasteiger partial charge is 0.315 e. The van der Waals surface area contributed by atoms with E-state index in [1.165, 1.54) is 36.4 Å². The zero-order valence-corrected chi connectivity index (χ0v) is 15.4. The van der Waals surface area contributed by atoms with Crippen LogP contribution in [0.3, 0.4) is 0 Å². The van der Waals surface area contributed by atoms with Crippen molar-refractivity contribution in [2.45, 2.75) is 6.42 Å². The van der Waals surface area contributed by atoms with Crippen molar-refractivity contribution < 1.29 is 18.7 Å². The quantitative estimate of drug-likeness (QED) is 0.321. The summed E-state index contributed by atoms with van der Waals surface area (Å²) in [6.45, 7) is 0. The summed E-state index contributed by atoms with van der Waals surface area (Å²) in [5.41, 5.74) is 1.38. The van der Waals surface area contributed by atoms with Crippen molar-refractivity contribution in [3.63, 3.8) is 0 Å². The lowest BCUT2D eigenvalue weighted by atomic mass is 10.0. The molecule has 0 amide bonds. The molecule has 0 aliphatic carbocycles. The minimum Gasteiger partial charge on any atom is -0.426 e. The number of hydrogen-bond acceptors (Lipinski definition) is 3. The van der Waals surface area contributed by atoms with E-state index in [2.05, 4.69) is 0 Å². The number of hydrogen-bond donors (Lipinski definition) is 0. The Kier molecular flexibility index (Phi) is 5.89. The lowest BCUT2D eigenvalue weighted by molar-refractivity contribution is -0.133. The summed E-state index contributed by atoms with van der Waals surface area (Å²) in [6, 6.07) is 16.3. The third-order valence-corrected chi connectivity index (χ3v) is 4.39. The van der Waals surface area contributed by atoms with Crippen LogP contribution in [0.5, 0.6) is 5.75 Å². The second-order valence-electron chi connectivity index (χ2n) is 5.75. The normalized spacial score (nSPS) is 10.5. The van der Waals surface area contributed by atoms with E-state index in [1.54, 1.807) is 30.3 Å². The first-order valence-electron chi connectivity index (χ1n) is 7.97. The van der Waals surface area contributed by atoms with Crippen LogP contribution >= 0.6 is 23.2 Å². The standard InChI is InChI=1S/C21H13Cl2FO3/c22-16-6-1-15(19(23)12-16)11-20(25)27-18-9-4-14(5-10-18)21(26)13-2-7-17(24)8-3-13/h1-10,12H,11H2. The Bertz CT molecular complexity index is 983. The first-order chi connectivity index (χ1) is 12.9. The van der Waals surface area contributed by atoms with Crippen molar-refractivity contribution >= 4 is 35.0 Å². The van der Waals surface area contributed by atoms with Gasteiger partial charge in [0.2, 0.25) is 0 Å². The molecule has 0 saturated heterocycles. The number of carbonyl (C=O) groups is 2. The van der Waals surface area contributed by atoms with E-state index in [0.29, 0.717) is 32.5 Å². The van der Waals surface area contributed by atoms with Crippen LogP contribution in [0, 0.1) is 5.82 Å². The second kappa shape index (κ2) is 8.33. The Morgan fingerprint density at radius 1 is 0.852 bits per heavy atom. The Labute approximate surface area is 165 Å². The maximum atomic E-state index is 13.0. The molecule has 0 aromatic heterocycles. The third-order valence-electron chi connectivity index (χ3n) is 3.80. The molecule has 0 saturated carbocycles. The topological polar surface area (TPSA) is 43.4 Å². The molecule has 3 aromatic carbocycles. The number of ketones is 1. The first kappa shape index (κ1) is 19.1. The molecule has 0 bridgehead atoms. The van der Waals surface area contributed by atoms with Crippen LogP contribution in [-0.4, -0.2) is 11.8 Å². The van der Waals surface area contributed by atoms with Gasteiger partial charge in [0, 0.05) is 21.2 Å². The average Bonchev–Trinajstić information content (AvgIpc) is 2.65. The van der Waals surface area contributed by atoms with Crippen LogP contribution in [-0.2, 0) is 11.2 Å². The molecule has 0 N–H and O–H groups in total. The molecule has 136 valence electrons. The zero-order chi connectivity index (χ0) is 19.4. The van der Waals surface area contributed by atoms with Gasteiger partial charge in [-0.05, 0) is 66.2 Å². The van der Waals surface area contributed by atoms with E-state index >= 15 is 0 Å². The summed E-state index contributed by atoms with van der Waals surface area (Å²) in [7, 11) is 0. The maximum absolute atomic E-state index is 13.0. The molecule has 27 heavy (non-hydrogen) atoms. The third kappa shape index (κ3) is 4.94. The summed E-state index contributed by atoms with van der Waals surface area (Å²) in [6.07, 6.45) is -0.00767. The summed E-state index contributed by atoms with van der Waals surface area (Å²) in [5, 5.41) is 0.873. The molecule has 0 radical (unpaired) electrons. The molecule has 3 rings (SSSR count). The van der Waals surface area contributed by atoms with E-state index in [4.69, 9.17) is 27.9 Å². The number of halogens is 3. The van der Waals surface area contributed by atoms with Gasteiger partial charge < -0.3 is 4.74 Å². The molecule has 0 fully saturated rings. The van der Waals surface area contributed by atoms with Gasteiger partial charge in [-0.25, -0.2) is 4.39 Å². The predicted molar refractivity (Wildman–Crippen MR) is 102 cm³/mol. The van der Waals surface area contributed by atoms with Crippen molar-refractivity contribution in [3.8, 4) is 5.75 Å². The summed E-state index contributed by atoms with van der Waals surface area (Å²) < 4.78 is 18.2. The van der Waals surface area contributed by atoms with Gasteiger partial charge in [0.15, 0.2) is 5.78 Å². The molecule has 6 heteroatoms. The molecule has 0 aliphatic rings. The van der Waals surface area contributed by atoms with Crippen LogP contribution in [0.1, 0.15) is 21.5 Å². The molecule has 0 aliphatic heterocycles. The summed E-state index contributed by atoms with van der Waals surface area (Å²) >= 11 is 11.9. The van der Waals surface area contributed by atoms with Gasteiger partial charge in [0.05, 0.1) is 6.42 Å². The first-order valence-corrected chi connectivity index (χ1v) is 8.73. The van der Waals surface area contributed by atoms with Crippen molar-refractivity contribution in [1.29, 1.82) is 0 Å². The number of ether oxygens (including phenoxy) is 1. The highest BCUT2D eigenvalue weighted by Crippen LogP contribution is 2.22. The number of rotatable bonds is 5. The van der Waals surface area contributed by atoms with Gasteiger partial charge >= 0.3 is 5.97 Å². The van der Waals surface area contributed by atoms with Gasteiger partial charge in [-0.15, -0.1) is 0 Å². The fourth-order valence-corrected chi connectivity index (χ4v) is 2.91. The number of carbonyl (C=O) groups excluding carboxylic acids is 2. The Morgan fingerprint density at radius 2 is 1.44 bits per heavy atom. The monoisotopic (exact) mass is 402 g/mol. The highest BCUT2D eigenvalue weighted by molar-refractivity contribution is 6.35. The Morgan fingerprint density at radius 3 is 2.04 bits per heavy atom. The largest absolute Gasteiger partial charge is 0.426 e. The van der Waals surface area contributed by atoms with Crippen LogP contribution in [0.25, 0.3) is 0 Å². The minimum absolute atomic E-state index is 0.00767. The molecular formula is C21H13Cl2FO3. The van der Waals surface area contributed by atoms with E-state index in [-0.39, 0.29) is 12.2 Å². The fraction of sp³-hybridized carbons (Fsp3) is 0.0476. The van der Waals surface area contributed by atoms with Crippen LogP contribution in [0.15, 0.2) is 66.7 Å². The van der Waals surface area contributed by atoms with Crippen molar-refractivity contribution in [2.75, 3.05) is 0 Å². The van der Waals surface area contributed by atoms with Crippen LogP contribution < -0.4 is 4.74 Å². The number of benzene rings is 3. The highest BCUT2D eigenvalue weighted by Gasteiger charge is 2.12. The molecule has 3 aromatic rings. The van der Waals surface area contributed by atoms with Crippen LogP contribution in [0.4, 0.5) is 4.39 Å². The van der Waals surface area contributed by atoms with Gasteiger partial charge in [-0.1, -0.05) is 29.3 Å². The molecule has 0 unspecified atom stereocenters. The lowest BCUT2D eigenvalue weighted by Crippen LogP contribution is -2.11. The summed E-state index contributed by atoms with van der Waals surface area (Å²) in [4.78, 5) is 24.4. The summed E-state index contributed by atoms with van der Waals surface area (Å²) in [5.74, 6) is -0.840. The van der Waals surface area contributed by atoms with E-state index in [0.717, 1.165) is 0 Å². The minimum atomic E-state index is -0.489. The van der Waals surface area contributed by atoms with Gasteiger partial charge in [0.1, 0.15) is 11.6 Å². The highest BCUT2D eigenvalue weighted by atomic mass is 35.5. The Balaban J connectivity index is 1.65. The predicted octanol–water partition coefficient (Wildman–Crippen LogP) is 5.51. The molecular weight excluding hydrogens is 390 g/mol. The maximum Gasteiger partial charge on any atom is 0.315 e. The molecule has 0 atom stereocenters. The SMILES string of the molecule is O=C(Cc1ccc(Cl)cc1Cl)Oc1ccc(C(=O)c2ccc(F)cc2)cc1. The molecule has 0 spiro atoms. The van der Waals surface area contributed by atoms with Crippen molar-refractivity contribution in [3.05, 3.63) is 99.3 Å². The lowest BCUT2D eigenvalue weighted by Gasteiger charge is -2.07. The van der Waals surface area contributed by atoms with Crippen molar-refractivity contribution in [1.82, 2.24) is 0 Å². The zero-order valence-electron chi connectivity index (χ0n) is 13.9. The second-order valence-corrected chi connectivity index (χ2v) is 6.59. The van der Waals surface area contributed by atoms with E-state index < -0.39 is 11.8 Å². The molecule has 3 nitrogen and oxygen atoms in total. The van der Waals surface area contributed by atoms with Crippen LogP contribution in [0.2, 0.25) is 10.0 Å². The van der Waals surface area contributed by atoms with Gasteiger partial charge in [0.25, 0.3) is 0 Å².